The average Bonchev–Trinajstić information content (AvgIpc) is 3.69. The first-order chi connectivity index (χ1) is 24.8. The van der Waals surface area contributed by atoms with E-state index in [0.717, 1.165) is 42.6 Å². The van der Waals surface area contributed by atoms with Crippen molar-refractivity contribution in [3.63, 3.8) is 0 Å². The molecule has 2 fully saturated rings. The number of anilines is 1. The highest BCUT2D eigenvalue weighted by Gasteiger charge is 2.44. The maximum atomic E-state index is 15.8. The number of halogens is 3. The van der Waals surface area contributed by atoms with E-state index in [2.05, 4.69) is 30.4 Å². The van der Waals surface area contributed by atoms with E-state index in [0.29, 0.717) is 50.5 Å². The van der Waals surface area contributed by atoms with Gasteiger partial charge in [-0.2, -0.15) is 14.0 Å². The molecule has 1 saturated heterocycles. The highest BCUT2D eigenvalue weighted by molar-refractivity contribution is 7.07. The van der Waals surface area contributed by atoms with Crippen LogP contribution >= 0.6 is 11.5 Å². The van der Waals surface area contributed by atoms with Gasteiger partial charge < -0.3 is 25.8 Å². The van der Waals surface area contributed by atoms with E-state index in [-0.39, 0.29) is 22.0 Å². The van der Waals surface area contributed by atoms with E-state index < -0.39 is 58.9 Å². The monoisotopic (exact) mass is 738 g/mol. The molecule has 12 nitrogen and oxygen atoms in total. The molecule has 3 atom stereocenters. The molecule has 1 aromatic heterocycles. The minimum atomic E-state index is -4.06. The lowest BCUT2D eigenvalue weighted by molar-refractivity contribution is -0.149. The fraction of sp³-hybridized carbons (Fsp3) is 0.472. The number of nitriles is 1. The van der Waals surface area contributed by atoms with E-state index in [1.807, 2.05) is 14.0 Å². The zero-order valence-corrected chi connectivity index (χ0v) is 29.9. The van der Waals surface area contributed by atoms with Crippen LogP contribution in [0, 0.1) is 29.0 Å². The number of alkyl halides is 2. The maximum Gasteiger partial charge on any atom is 0.349 e. The Hall–Kier alpha value is -4.88. The van der Waals surface area contributed by atoms with Crippen molar-refractivity contribution < 1.29 is 32.3 Å². The summed E-state index contributed by atoms with van der Waals surface area (Å²) in [7, 11) is 1.95. The van der Waals surface area contributed by atoms with Gasteiger partial charge in [-0.25, -0.2) is 4.39 Å². The Kier molecular flexibility index (Phi) is 12.3. The van der Waals surface area contributed by atoms with Gasteiger partial charge in [0.25, 0.3) is 11.8 Å². The maximum absolute atomic E-state index is 15.8. The van der Waals surface area contributed by atoms with E-state index in [9.17, 15) is 19.2 Å². The van der Waals surface area contributed by atoms with Crippen LogP contribution in [0.4, 0.5) is 18.9 Å². The molecule has 1 aliphatic carbocycles. The Morgan fingerprint density at radius 2 is 1.73 bits per heavy atom. The van der Waals surface area contributed by atoms with Gasteiger partial charge in [-0.1, -0.05) is 49.4 Å². The van der Waals surface area contributed by atoms with Gasteiger partial charge in [-0.3, -0.25) is 19.2 Å². The summed E-state index contributed by atoms with van der Waals surface area (Å²) < 4.78 is 50.2. The van der Waals surface area contributed by atoms with E-state index >= 15 is 13.2 Å². The molecule has 0 radical (unpaired) electrons. The Labute approximate surface area is 303 Å². The second kappa shape index (κ2) is 16.6. The molecule has 2 heterocycles. The van der Waals surface area contributed by atoms with Crippen molar-refractivity contribution in [2.75, 3.05) is 38.5 Å². The molecule has 2 aliphatic rings. The van der Waals surface area contributed by atoms with Crippen molar-refractivity contribution in [3.8, 4) is 6.07 Å². The zero-order valence-electron chi connectivity index (χ0n) is 29.1. The molecule has 3 aromatic rings. The zero-order chi connectivity index (χ0) is 37.6. The molecule has 1 aliphatic heterocycles. The molecule has 276 valence electrons. The minimum absolute atomic E-state index is 0.0525. The van der Waals surface area contributed by atoms with Crippen LogP contribution in [0.5, 0.6) is 0 Å². The summed E-state index contributed by atoms with van der Waals surface area (Å²) in [5.41, 5.74) is -0.639. The fourth-order valence-electron chi connectivity index (χ4n) is 6.59. The Bertz CT molecular complexity index is 1800. The lowest BCUT2D eigenvalue weighted by Crippen LogP contribution is -2.55. The second-order valence-corrected chi connectivity index (χ2v) is 14.4. The normalized spacial score (nSPS) is 19.8. The largest absolute Gasteiger partial charge is 0.349 e. The van der Waals surface area contributed by atoms with Crippen molar-refractivity contribution >= 4 is 40.8 Å². The first kappa shape index (κ1) is 38.4. The number of carbonyl (C=O) groups is 4. The van der Waals surface area contributed by atoms with Crippen LogP contribution in [0.1, 0.15) is 71.8 Å². The van der Waals surface area contributed by atoms with Crippen molar-refractivity contribution in [2.45, 2.75) is 63.5 Å². The first-order valence-corrected chi connectivity index (χ1v) is 17.9. The predicted molar refractivity (Wildman–Crippen MR) is 187 cm³/mol. The molecule has 2 aromatic carbocycles. The van der Waals surface area contributed by atoms with Crippen LogP contribution in [-0.2, 0) is 20.3 Å². The molecule has 3 N–H and O–H groups in total. The third-order valence-corrected chi connectivity index (χ3v) is 10.6. The summed E-state index contributed by atoms with van der Waals surface area (Å²) >= 11 is 0.871. The van der Waals surface area contributed by atoms with Gasteiger partial charge in [0.2, 0.25) is 11.8 Å². The van der Waals surface area contributed by atoms with Gasteiger partial charge in [0.1, 0.15) is 22.8 Å². The SMILES string of the molecule is CC1CCC([C@H](NC(=O)C(F)(F)c2cccc(C#N)c2)C(=O)Nc2ccc([C@H](C)[C@@H](NC(=O)c3cnns3)C(=O)N3CCN(C)CC3)cc2F)CC1. The molecule has 52 heavy (non-hydrogen) atoms. The van der Waals surface area contributed by atoms with Crippen molar-refractivity contribution in [2.24, 2.45) is 11.8 Å². The lowest BCUT2D eigenvalue weighted by atomic mass is 9.79. The number of benzene rings is 2. The number of aromatic nitrogens is 2. The number of likely N-dealkylation sites (N-methyl/N-ethyl adjacent to an activating group) is 1. The van der Waals surface area contributed by atoms with E-state index in [1.165, 1.54) is 30.5 Å². The number of nitrogens with zero attached hydrogens (tertiary/aromatic N) is 5. The van der Waals surface area contributed by atoms with Gasteiger partial charge >= 0.3 is 5.92 Å². The van der Waals surface area contributed by atoms with Crippen LogP contribution in [0.25, 0.3) is 0 Å². The molecule has 5 rings (SSSR count). The molecule has 1 saturated carbocycles. The number of hydrogen-bond donors (Lipinski definition) is 3. The third kappa shape index (κ3) is 8.94. The summed E-state index contributed by atoms with van der Waals surface area (Å²) in [5, 5.41) is 20.3. The molecule has 0 unspecified atom stereocenters. The Morgan fingerprint density at radius 3 is 2.37 bits per heavy atom. The molecule has 0 bridgehead atoms. The molecular weight excluding hydrogens is 698 g/mol. The number of rotatable bonds is 11. The van der Waals surface area contributed by atoms with Gasteiger partial charge in [-0.05, 0) is 73.1 Å². The number of hydrogen-bond acceptors (Lipinski definition) is 9. The summed E-state index contributed by atoms with van der Waals surface area (Å²) in [6.45, 7) is 5.92. The summed E-state index contributed by atoms with van der Waals surface area (Å²) in [6.07, 6.45) is 3.70. The van der Waals surface area contributed by atoms with Gasteiger partial charge in [0.05, 0.1) is 23.5 Å². The van der Waals surface area contributed by atoms with Crippen LogP contribution in [-0.4, -0.2) is 88.3 Å². The Balaban J connectivity index is 1.35. The predicted octanol–water partition coefficient (Wildman–Crippen LogP) is 4.27. The fourth-order valence-corrected chi connectivity index (χ4v) is 7.00. The van der Waals surface area contributed by atoms with Crippen molar-refractivity contribution in [1.82, 2.24) is 30.0 Å². The molecule has 4 amide bonds. The van der Waals surface area contributed by atoms with Gasteiger partial charge in [0.15, 0.2) is 0 Å². The highest BCUT2D eigenvalue weighted by atomic mass is 32.1. The second-order valence-electron chi connectivity index (χ2n) is 13.6. The van der Waals surface area contributed by atoms with Crippen LogP contribution < -0.4 is 16.0 Å². The van der Waals surface area contributed by atoms with Gasteiger partial charge in [0, 0.05) is 37.7 Å². The number of amides is 4. The Morgan fingerprint density at radius 1 is 1.02 bits per heavy atom. The summed E-state index contributed by atoms with van der Waals surface area (Å²) in [5.74, 6) is -9.21. The van der Waals surface area contributed by atoms with E-state index in [4.69, 9.17) is 5.26 Å². The standard InChI is InChI=1S/C36H41F3N8O4S/c1-21-7-9-24(10-8-21)31(44-35(51)36(38,39)26-6-4-5-23(17-26)19-40)33(49)42-28-12-11-25(18-27(28)37)22(2)30(43-32(48)29-20-41-45-52-29)34(50)47-15-13-46(3)14-16-47/h4-6,11-12,17-18,20-22,24,30-31H,7-10,13-16H2,1-3H3,(H,42,49)(H,43,48)(H,44,51)/t21?,22-,24?,30+,31-/m0/s1. The molecule has 16 heteroatoms. The molecular formula is C36H41F3N8O4S. The summed E-state index contributed by atoms with van der Waals surface area (Å²) in [6, 6.07) is 7.79. The van der Waals surface area contributed by atoms with E-state index in [1.54, 1.807) is 17.9 Å². The van der Waals surface area contributed by atoms with Crippen molar-refractivity contribution in [1.29, 1.82) is 5.26 Å². The number of piperazine rings is 1. The minimum Gasteiger partial charge on any atom is -0.339 e. The van der Waals surface area contributed by atoms with Crippen LogP contribution in [0.3, 0.4) is 0 Å². The van der Waals surface area contributed by atoms with Gasteiger partial charge in [-0.15, -0.1) is 5.10 Å². The number of carbonyl (C=O) groups excluding carboxylic acids is 4. The first-order valence-electron chi connectivity index (χ1n) is 17.1. The quantitative estimate of drug-likeness (QED) is 0.263. The lowest BCUT2D eigenvalue weighted by Gasteiger charge is -2.36. The average molecular weight is 739 g/mol. The number of nitrogens with one attached hydrogen (secondary N) is 3. The van der Waals surface area contributed by atoms with Crippen LogP contribution in [0.2, 0.25) is 0 Å². The van der Waals surface area contributed by atoms with Crippen LogP contribution in [0.15, 0.2) is 48.7 Å². The molecule has 0 spiro atoms. The van der Waals surface area contributed by atoms with Crippen molar-refractivity contribution in [3.05, 3.63) is 76.0 Å². The summed E-state index contributed by atoms with van der Waals surface area (Å²) in [4.78, 5) is 57.5. The third-order valence-electron chi connectivity index (χ3n) is 9.97. The topological polar surface area (TPSA) is 160 Å². The smallest absolute Gasteiger partial charge is 0.339 e. The highest BCUT2D eigenvalue weighted by Crippen LogP contribution is 2.34.